The van der Waals surface area contributed by atoms with Crippen LogP contribution in [0.2, 0.25) is 0 Å². The molecule has 150 valence electrons. The number of benzene rings is 1. The number of carbonyl (C=O) groups excluding carboxylic acids is 1. The van der Waals surface area contributed by atoms with Crippen LogP contribution in [0.3, 0.4) is 0 Å². The lowest BCUT2D eigenvalue weighted by Gasteiger charge is -2.17. The van der Waals surface area contributed by atoms with Crippen molar-refractivity contribution in [2.45, 2.75) is 43.5 Å². The maximum absolute atomic E-state index is 12.3. The van der Waals surface area contributed by atoms with E-state index >= 15 is 0 Å². The molecule has 1 unspecified atom stereocenters. The normalized spacial score (nSPS) is 15.9. The summed E-state index contributed by atoms with van der Waals surface area (Å²) in [4.78, 5) is 16.9. The molecule has 1 aromatic heterocycles. The third kappa shape index (κ3) is 4.85. The van der Waals surface area contributed by atoms with Gasteiger partial charge in [-0.1, -0.05) is 31.1 Å². The molecule has 0 bridgehead atoms. The number of hydrogen-bond acceptors (Lipinski definition) is 6. The summed E-state index contributed by atoms with van der Waals surface area (Å²) < 4.78 is 31.1. The second-order valence-corrected chi connectivity index (χ2v) is 8.99. The van der Waals surface area contributed by atoms with Crippen LogP contribution in [0.25, 0.3) is 6.08 Å². The van der Waals surface area contributed by atoms with E-state index in [-0.39, 0.29) is 22.8 Å². The molecule has 1 aliphatic rings. The monoisotopic (exact) mass is 404 g/mol. The minimum absolute atomic E-state index is 0.0795. The Hall–Kier alpha value is -2.52. The van der Waals surface area contributed by atoms with Crippen LogP contribution in [0.15, 0.2) is 39.8 Å². The Bertz CT molecular complexity index is 960. The Balaban J connectivity index is 1.65. The summed E-state index contributed by atoms with van der Waals surface area (Å²) in [6, 6.07) is 5.86. The number of carbonyl (C=O) groups is 1. The van der Waals surface area contributed by atoms with E-state index in [1.807, 2.05) is 13.8 Å². The molecule has 1 aliphatic carbocycles. The summed E-state index contributed by atoms with van der Waals surface area (Å²) in [5.74, 6) is 1.30. The first-order valence-corrected chi connectivity index (χ1v) is 10.6. The predicted octanol–water partition coefficient (Wildman–Crippen LogP) is 2.38. The van der Waals surface area contributed by atoms with Crippen LogP contribution in [0.5, 0.6) is 0 Å². The summed E-state index contributed by atoms with van der Waals surface area (Å²) in [7, 11) is -2.12. The summed E-state index contributed by atoms with van der Waals surface area (Å²) in [5.41, 5.74) is 0.708. The van der Waals surface area contributed by atoms with Crippen molar-refractivity contribution in [3.05, 3.63) is 47.6 Å². The van der Waals surface area contributed by atoms with Gasteiger partial charge in [-0.3, -0.25) is 4.79 Å². The van der Waals surface area contributed by atoms with Gasteiger partial charge in [0.25, 0.3) is 0 Å². The van der Waals surface area contributed by atoms with E-state index in [9.17, 15) is 13.2 Å². The van der Waals surface area contributed by atoms with Gasteiger partial charge in [-0.25, -0.2) is 13.1 Å². The van der Waals surface area contributed by atoms with E-state index in [0.717, 1.165) is 12.8 Å². The van der Waals surface area contributed by atoms with Gasteiger partial charge in [0.05, 0.1) is 4.90 Å². The molecule has 1 heterocycles. The number of aromatic nitrogens is 2. The number of amides is 1. The van der Waals surface area contributed by atoms with Crippen molar-refractivity contribution in [2.75, 3.05) is 7.05 Å². The minimum Gasteiger partial charge on any atom is -0.340 e. The van der Waals surface area contributed by atoms with Crippen LogP contribution in [0.4, 0.5) is 0 Å². The highest BCUT2D eigenvalue weighted by Gasteiger charge is 2.31. The van der Waals surface area contributed by atoms with Gasteiger partial charge in [0.1, 0.15) is 6.04 Å². The lowest BCUT2D eigenvalue weighted by Crippen LogP contribution is -2.30. The summed E-state index contributed by atoms with van der Waals surface area (Å²) >= 11 is 0. The van der Waals surface area contributed by atoms with E-state index in [2.05, 4.69) is 20.2 Å². The molecule has 0 spiro atoms. The number of nitrogens with one attached hydrogen (secondary N) is 2. The van der Waals surface area contributed by atoms with Gasteiger partial charge in [0.15, 0.2) is 5.82 Å². The molecule has 1 amide bonds. The Morgan fingerprint density at radius 1 is 1.25 bits per heavy atom. The average molecular weight is 404 g/mol. The topological polar surface area (TPSA) is 114 Å². The number of rotatable bonds is 8. The van der Waals surface area contributed by atoms with Crippen LogP contribution in [0.1, 0.15) is 55.9 Å². The third-order valence-electron chi connectivity index (χ3n) is 4.52. The van der Waals surface area contributed by atoms with Gasteiger partial charge in [-0.2, -0.15) is 4.98 Å². The minimum atomic E-state index is -3.48. The Labute approximate surface area is 164 Å². The van der Waals surface area contributed by atoms with E-state index in [1.165, 1.54) is 25.3 Å². The average Bonchev–Trinajstić information content (AvgIpc) is 3.42. The molecule has 0 saturated heterocycles. The molecule has 28 heavy (non-hydrogen) atoms. The van der Waals surface area contributed by atoms with Gasteiger partial charge >= 0.3 is 0 Å². The van der Waals surface area contributed by atoms with E-state index in [0.29, 0.717) is 23.2 Å². The van der Waals surface area contributed by atoms with Gasteiger partial charge in [-0.15, -0.1) is 0 Å². The first-order chi connectivity index (χ1) is 13.3. The number of hydrogen-bond donors (Lipinski definition) is 2. The number of nitrogens with zero attached hydrogens (tertiary/aromatic N) is 2. The van der Waals surface area contributed by atoms with Gasteiger partial charge in [0.2, 0.25) is 21.8 Å². The Morgan fingerprint density at radius 2 is 1.93 bits per heavy atom. The summed E-state index contributed by atoms with van der Waals surface area (Å²) in [6.07, 6.45) is 5.17. The zero-order valence-corrected chi connectivity index (χ0v) is 16.9. The number of sulfonamides is 1. The van der Waals surface area contributed by atoms with Crippen molar-refractivity contribution >= 4 is 22.0 Å². The molecule has 1 saturated carbocycles. The first-order valence-electron chi connectivity index (χ1n) is 9.16. The molecule has 9 heteroatoms. The van der Waals surface area contributed by atoms with E-state index < -0.39 is 10.0 Å². The molecule has 2 N–H and O–H groups in total. The molecule has 1 atom stereocenters. The Kier molecular flexibility index (Phi) is 5.95. The third-order valence-corrected chi connectivity index (χ3v) is 5.95. The smallest absolute Gasteiger partial charge is 0.249 e. The highest BCUT2D eigenvalue weighted by atomic mass is 32.2. The van der Waals surface area contributed by atoms with Crippen molar-refractivity contribution in [3.8, 4) is 0 Å². The second kappa shape index (κ2) is 8.24. The van der Waals surface area contributed by atoms with E-state index in [4.69, 9.17) is 4.52 Å². The van der Waals surface area contributed by atoms with Gasteiger partial charge < -0.3 is 9.84 Å². The highest BCUT2D eigenvalue weighted by molar-refractivity contribution is 7.89. The quantitative estimate of drug-likeness (QED) is 0.653. The fraction of sp³-hybridized carbons (Fsp3) is 0.421. The molecular formula is C19H24N4O4S. The Morgan fingerprint density at radius 3 is 2.50 bits per heavy atom. The van der Waals surface area contributed by atoms with Crippen molar-refractivity contribution in [3.63, 3.8) is 0 Å². The molecule has 1 aromatic carbocycles. The van der Waals surface area contributed by atoms with Crippen molar-refractivity contribution in [2.24, 2.45) is 5.92 Å². The fourth-order valence-electron chi connectivity index (χ4n) is 2.64. The van der Waals surface area contributed by atoms with Crippen molar-refractivity contribution < 1.29 is 17.7 Å². The molecule has 3 rings (SSSR count). The zero-order chi connectivity index (χ0) is 20.3. The molecule has 2 aromatic rings. The maximum Gasteiger partial charge on any atom is 0.249 e. The van der Waals surface area contributed by atoms with Crippen LogP contribution >= 0.6 is 0 Å². The van der Waals surface area contributed by atoms with Crippen LogP contribution in [-0.4, -0.2) is 31.5 Å². The molecular weight excluding hydrogens is 380 g/mol. The lowest BCUT2D eigenvalue weighted by molar-refractivity contribution is -0.117. The standard InChI is InChI=1S/C19H24N4O4S/c1-12(2)17(19-22-18(23-27-19)14-7-8-14)21-16(24)11-6-13-4-9-15(10-5-13)28(25,26)20-3/h4-6,9-12,14,17,20H,7-8H2,1-3H3,(H,21,24)/b11-6+. The van der Waals surface area contributed by atoms with Gasteiger partial charge in [0, 0.05) is 12.0 Å². The van der Waals surface area contributed by atoms with Crippen molar-refractivity contribution in [1.29, 1.82) is 0 Å². The predicted molar refractivity (Wildman–Crippen MR) is 104 cm³/mol. The largest absolute Gasteiger partial charge is 0.340 e. The summed E-state index contributed by atoms with van der Waals surface area (Å²) in [5, 5.41) is 6.90. The van der Waals surface area contributed by atoms with E-state index in [1.54, 1.807) is 18.2 Å². The lowest BCUT2D eigenvalue weighted by atomic mass is 10.0. The fourth-order valence-corrected chi connectivity index (χ4v) is 3.37. The zero-order valence-electron chi connectivity index (χ0n) is 16.0. The molecule has 0 aliphatic heterocycles. The highest BCUT2D eigenvalue weighted by Crippen LogP contribution is 2.38. The summed E-state index contributed by atoms with van der Waals surface area (Å²) in [6.45, 7) is 3.94. The molecule has 0 radical (unpaired) electrons. The first kappa shape index (κ1) is 20.2. The van der Waals surface area contributed by atoms with Crippen LogP contribution in [0, 0.1) is 5.92 Å². The van der Waals surface area contributed by atoms with Crippen LogP contribution in [-0.2, 0) is 14.8 Å². The van der Waals surface area contributed by atoms with Crippen LogP contribution < -0.4 is 10.0 Å². The molecule has 8 nitrogen and oxygen atoms in total. The second-order valence-electron chi connectivity index (χ2n) is 7.11. The van der Waals surface area contributed by atoms with Crippen molar-refractivity contribution in [1.82, 2.24) is 20.2 Å². The SMILES string of the molecule is CNS(=O)(=O)c1ccc(/C=C/C(=O)NC(c2nc(C3CC3)no2)C(C)C)cc1. The maximum atomic E-state index is 12.3. The van der Waals surface area contributed by atoms with Gasteiger partial charge in [-0.05, 0) is 49.6 Å². The molecule has 1 fully saturated rings.